The maximum absolute atomic E-state index is 11.3. The predicted octanol–water partition coefficient (Wildman–Crippen LogP) is 1.07. The molecule has 1 aromatic rings. The van der Waals surface area contributed by atoms with Crippen LogP contribution in [0.2, 0.25) is 0 Å². The molecule has 0 saturated heterocycles. The van der Waals surface area contributed by atoms with Gasteiger partial charge in [-0.05, 0) is 36.6 Å². The minimum absolute atomic E-state index is 0.0529. The van der Waals surface area contributed by atoms with Gasteiger partial charge in [0.25, 0.3) is 0 Å². The molecule has 1 heterocycles. The van der Waals surface area contributed by atoms with Crippen molar-refractivity contribution in [3.8, 4) is 11.5 Å². The standard InChI is InChI=1S/C17H27N3O4S/c1-5-18-17(19-7-9-25(4,21)22)20-8-6-13-10-15(23-2)16(24-3)11-14(13)12-20/h10-11H,5-9,12H2,1-4H3,(H,18,19). The molecule has 7 nitrogen and oxygen atoms in total. The SMILES string of the molecule is CCNC(=NCCS(C)(=O)=O)N1CCc2cc(OC)c(OC)cc2C1. The predicted molar refractivity (Wildman–Crippen MR) is 99.3 cm³/mol. The average Bonchev–Trinajstić information content (AvgIpc) is 2.58. The average molecular weight is 369 g/mol. The van der Waals surface area contributed by atoms with Gasteiger partial charge < -0.3 is 19.7 Å². The van der Waals surface area contributed by atoms with E-state index in [0.29, 0.717) is 12.3 Å². The Morgan fingerprint density at radius 1 is 1.24 bits per heavy atom. The van der Waals surface area contributed by atoms with Gasteiger partial charge in [-0.15, -0.1) is 0 Å². The van der Waals surface area contributed by atoms with E-state index < -0.39 is 9.84 Å². The minimum Gasteiger partial charge on any atom is -0.493 e. The first kappa shape index (κ1) is 19.4. The Morgan fingerprint density at radius 3 is 2.44 bits per heavy atom. The number of benzene rings is 1. The molecule has 0 amide bonds. The number of fused-ring (bicyclic) bond motifs is 1. The minimum atomic E-state index is -3.01. The lowest BCUT2D eigenvalue weighted by Crippen LogP contribution is -2.44. The van der Waals surface area contributed by atoms with Crippen molar-refractivity contribution in [1.82, 2.24) is 10.2 Å². The Labute approximate surface area is 149 Å². The van der Waals surface area contributed by atoms with Crippen molar-refractivity contribution in [2.45, 2.75) is 19.9 Å². The lowest BCUT2D eigenvalue weighted by molar-refractivity contribution is 0.346. The highest BCUT2D eigenvalue weighted by Gasteiger charge is 2.21. The molecule has 8 heteroatoms. The topological polar surface area (TPSA) is 80.2 Å². The number of rotatable bonds is 6. The maximum Gasteiger partial charge on any atom is 0.194 e. The van der Waals surface area contributed by atoms with Crippen LogP contribution in [0, 0.1) is 0 Å². The van der Waals surface area contributed by atoms with E-state index in [1.165, 1.54) is 11.8 Å². The molecular formula is C17H27N3O4S. The van der Waals surface area contributed by atoms with E-state index in [1.807, 2.05) is 19.1 Å². The van der Waals surface area contributed by atoms with Crippen molar-refractivity contribution < 1.29 is 17.9 Å². The first-order valence-corrected chi connectivity index (χ1v) is 10.4. The largest absolute Gasteiger partial charge is 0.493 e. The van der Waals surface area contributed by atoms with Gasteiger partial charge in [-0.25, -0.2) is 8.42 Å². The fourth-order valence-electron chi connectivity index (χ4n) is 2.81. The Hall–Kier alpha value is -1.96. The third-order valence-corrected chi connectivity index (χ3v) is 5.00. The normalized spacial score (nSPS) is 14.9. The first-order chi connectivity index (χ1) is 11.9. The molecule has 0 atom stereocenters. The number of sulfone groups is 1. The van der Waals surface area contributed by atoms with E-state index in [1.54, 1.807) is 14.2 Å². The third-order valence-electron chi connectivity index (χ3n) is 4.08. The van der Waals surface area contributed by atoms with Crippen LogP contribution in [0.1, 0.15) is 18.1 Å². The molecule has 0 radical (unpaired) electrons. The van der Waals surface area contributed by atoms with E-state index in [4.69, 9.17) is 9.47 Å². The molecule has 0 fully saturated rings. The van der Waals surface area contributed by atoms with Gasteiger partial charge in [0.15, 0.2) is 17.5 Å². The molecule has 25 heavy (non-hydrogen) atoms. The smallest absolute Gasteiger partial charge is 0.194 e. The van der Waals surface area contributed by atoms with Crippen molar-refractivity contribution in [2.75, 3.05) is 45.9 Å². The van der Waals surface area contributed by atoms with Crippen LogP contribution in [0.15, 0.2) is 17.1 Å². The summed E-state index contributed by atoms with van der Waals surface area (Å²) in [5, 5.41) is 3.25. The van der Waals surface area contributed by atoms with Crippen LogP contribution < -0.4 is 14.8 Å². The van der Waals surface area contributed by atoms with Crippen molar-refractivity contribution in [3.63, 3.8) is 0 Å². The Balaban J connectivity index is 2.19. The zero-order valence-corrected chi connectivity index (χ0v) is 16.1. The fraction of sp³-hybridized carbons (Fsp3) is 0.588. The van der Waals surface area contributed by atoms with Gasteiger partial charge in [0.05, 0.1) is 26.5 Å². The summed E-state index contributed by atoms with van der Waals surface area (Å²) in [7, 11) is 0.248. The molecule has 1 aliphatic rings. The molecule has 0 spiro atoms. The van der Waals surface area contributed by atoms with E-state index in [-0.39, 0.29) is 12.3 Å². The molecule has 2 rings (SSSR count). The van der Waals surface area contributed by atoms with Crippen LogP contribution in [-0.4, -0.2) is 65.1 Å². The summed E-state index contributed by atoms with van der Waals surface area (Å²) in [4.78, 5) is 6.61. The van der Waals surface area contributed by atoms with Crippen LogP contribution in [-0.2, 0) is 22.8 Å². The molecule has 1 aromatic carbocycles. The lowest BCUT2D eigenvalue weighted by Gasteiger charge is -2.32. The number of nitrogens with zero attached hydrogens (tertiary/aromatic N) is 2. The zero-order valence-electron chi connectivity index (χ0n) is 15.3. The molecule has 0 unspecified atom stereocenters. The van der Waals surface area contributed by atoms with Gasteiger partial charge >= 0.3 is 0 Å². The van der Waals surface area contributed by atoms with Gasteiger partial charge in [-0.1, -0.05) is 0 Å². The van der Waals surface area contributed by atoms with Crippen molar-refractivity contribution in [3.05, 3.63) is 23.3 Å². The number of guanidine groups is 1. The molecule has 1 N–H and O–H groups in total. The number of ether oxygens (including phenoxy) is 2. The second-order valence-electron chi connectivity index (χ2n) is 6.01. The zero-order chi connectivity index (χ0) is 18.4. The summed E-state index contributed by atoms with van der Waals surface area (Å²) >= 11 is 0. The van der Waals surface area contributed by atoms with Crippen LogP contribution >= 0.6 is 0 Å². The van der Waals surface area contributed by atoms with Crippen LogP contribution in [0.5, 0.6) is 11.5 Å². The first-order valence-electron chi connectivity index (χ1n) is 8.32. The highest BCUT2D eigenvalue weighted by Crippen LogP contribution is 2.33. The van der Waals surface area contributed by atoms with Gasteiger partial charge in [0, 0.05) is 25.9 Å². The highest BCUT2D eigenvalue weighted by molar-refractivity contribution is 7.90. The van der Waals surface area contributed by atoms with E-state index >= 15 is 0 Å². The van der Waals surface area contributed by atoms with E-state index in [2.05, 4.69) is 15.2 Å². The van der Waals surface area contributed by atoms with E-state index in [0.717, 1.165) is 36.8 Å². The fourth-order valence-corrected chi connectivity index (χ4v) is 3.23. The van der Waals surface area contributed by atoms with Gasteiger partial charge in [-0.3, -0.25) is 4.99 Å². The maximum atomic E-state index is 11.3. The molecule has 0 bridgehead atoms. The number of hydrogen-bond donors (Lipinski definition) is 1. The summed E-state index contributed by atoms with van der Waals surface area (Å²) in [6.45, 7) is 4.49. The Morgan fingerprint density at radius 2 is 1.88 bits per heavy atom. The molecule has 140 valence electrons. The highest BCUT2D eigenvalue weighted by atomic mass is 32.2. The van der Waals surface area contributed by atoms with Crippen molar-refractivity contribution >= 4 is 15.8 Å². The van der Waals surface area contributed by atoms with Gasteiger partial charge in [0.2, 0.25) is 0 Å². The Kier molecular flexibility index (Phi) is 6.52. The second kappa shape index (κ2) is 8.42. The number of nitrogens with one attached hydrogen (secondary N) is 1. The second-order valence-corrected chi connectivity index (χ2v) is 8.27. The Bertz CT molecular complexity index is 732. The monoisotopic (exact) mass is 369 g/mol. The van der Waals surface area contributed by atoms with Crippen molar-refractivity contribution in [2.24, 2.45) is 4.99 Å². The van der Waals surface area contributed by atoms with Crippen LogP contribution in [0.4, 0.5) is 0 Å². The quantitative estimate of drug-likeness (QED) is 0.597. The summed E-state index contributed by atoms with van der Waals surface area (Å²) < 4.78 is 33.4. The van der Waals surface area contributed by atoms with E-state index in [9.17, 15) is 8.42 Å². The summed E-state index contributed by atoms with van der Waals surface area (Å²) in [6.07, 6.45) is 2.10. The van der Waals surface area contributed by atoms with Crippen molar-refractivity contribution in [1.29, 1.82) is 0 Å². The summed E-state index contributed by atoms with van der Waals surface area (Å²) in [5.41, 5.74) is 2.40. The molecular weight excluding hydrogens is 342 g/mol. The lowest BCUT2D eigenvalue weighted by atomic mass is 9.99. The van der Waals surface area contributed by atoms with Crippen LogP contribution in [0.25, 0.3) is 0 Å². The summed E-state index contributed by atoms with van der Waals surface area (Å²) in [6, 6.07) is 4.03. The molecule has 0 aromatic heterocycles. The summed E-state index contributed by atoms with van der Waals surface area (Å²) in [5.74, 6) is 2.24. The molecule has 1 aliphatic heterocycles. The van der Waals surface area contributed by atoms with Gasteiger partial charge in [-0.2, -0.15) is 0 Å². The van der Waals surface area contributed by atoms with Crippen LogP contribution in [0.3, 0.4) is 0 Å². The molecule has 0 aliphatic carbocycles. The number of hydrogen-bond acceptors (Lipinski definition) is 5. The number of methoxy groups -OCH3 is 2. The molecule has 0 saturated carbocycles. The van der Waals surface area contributed by atoms with Gasteiger partial charge in [0.1, 0.15) is 9.84 Å². The third kappa shape index (κ3) is 5.26. The number of aliphatic imine (C=N–C) groups is 1.